The summed E-state index contributed by atoms with van der Waals surface area (Å²) in [5.74, 6) is 0.951. The Balaban J connectivity index is 1.46. The van der Waals surface area contributed by atoms with Gasteiger partial charge in [0, 0.05) is 50.1 Å². The van der Waals surface area contributed by atoms with Gasteiger partial charge in [0.25, 0.3) is 0 Å². The van der Waals surface area contributed by atoms with Gasteiger partial charge in [0.2, 0.25) is 0 Å². The second-order valence-electron chi connectivity index (χ2n) is 6.26. The summed E-state index contributed by atoms with van der Waals surface area (Å²) in [6.45, 7) is 5.57. The van der Waals surface area contributed by atoms with Crippen LogP contribution in [0.1, 0.15) is 17.8 Å². The SMILES string of the molecule is c1cnc(N2CCC[C@@]3(CN(Cc4nccs4)CCO3)C2)cn1. The Morgan fingerprint density at radius 3 is 3.00 bits per heavy atom. The van der Waals surface area contributed by atoms with E-state index in [1.165, 1.54) is 5.01 Å². The topological polar surface area (TPSA) is 54.4 Å². The van der Waals surface area contributed by atoms with E-state index < -0.39 is 0 Å². The van der Waals surface area contributed by atoms with E-state index in [-0.39, 0.29) is 5.60 Å². The average molecular weight is 331 g/mol. The highest BCUT2D eigenvalue weighted by Gasteiger charge is 2.41. The zero-order valence-corrected chi connectivity index (χ0v) is 13.9. The Morgan fingerprint density at radius 1 is 1.17 bits per heavy atom. The molecule has 23 heavy (non-hydrogen) atoms. The van der Waals surface area contributed by atoms with E-state index in [2.05, 4.69) is 24.8 Å². The van der Waals surface area contributed by atoms with Crippen molar-refractivity contribution >= 4 is 17.2 Å². The highest BCUT2D eigenvalue weighted by Crippen LogP contribution is 2.31. The quantitative estimate of drug-likeness (QED) is 0.855. The van der Waals surface area contributed by atoms with Crippen molar-refractivity contribution in [1.29, 1.82) is 0 Å². The van der Waals surface area contributed by atoms with Gasteiger partial charge in [-0.15, -0.1) is 11.3 Å². The Labute approximate surface area is 140 Å². The van der Waals surface area contributed by atoms with E-state index in [1.807, 2.05) is 17.8 Å². The van der Waals surface area contributed by atoms with Crippen molar-refractivity contribution in [2.45, 2.75) is 25.0 Å². The maximum atomic E-state index is 6.26. The number of hydrogen-bond acceptors (Lipinski definition) is 7. The number of hydrogen-bond donors (Lipinski definition) is 0. The second-order valence-corrected chi connectivity index (χ2v) is 7.24. The van der Waals surface area contributed by atoms with Gasteiger partial charge in [-0.1, -0.05) is 0 Å². The number of rotatable bonds is 3. The molecular formula is C16H21N5OS. The number of aromatic nitrogens is 3. The van der Waals surface area contributed by atoms with Gasteiger partial charge in [-0.3, -0.25) is 9.88 Å². The van der Waals surface area contributed by atoms with Crippen LogP contribution in [0.5, 0.6) is 0 Å². The monoisotopic (exact) mass is 331 g/mol. The summed E-state index contributed by atoms with van der Waals surface area (Å²) >= 11 is 1.73. The second kappa shape index (κ2) is 6.51. The molecule has 2 aliphatic rings. The van der Waals surface area contributed by atoms with Crippen molar-refractivity contribution < 1.29 is 4.74 Å². The Bertz CT molecular complexity index is 619. The van der Waals surface area contributed by atoms with Gasteiger partial charge in [-0.25, -0.2) is 9.97 Å². The molecule has 0 aliphatic carbocycles. The Kier molecular flexibility index (Phi) is 4.24. The molecule has 4 heterocycles. The van der Waals surface area contributed by atoms with Crippen molar-refractivity contribution in [3.63, 3.8) is 0 Å². The maximum Gasteiger partial charge on any atom is 0.147 e. The summed E-state index contributed by atoms with van der Waals surface area (Å²) in [5, 5.41) is 3.23. The van der Waals surface area contributed by atoms with E-state index >= 15 is 0 Å². The molecule has 1 atom stereocenters. The summed E-state index contributed by atoms with van der Waals surface area (Å²) in [6.07, 6.45) is 9.44. The Hall–Kier alpha value is -1.57. The number of anilines is 1. The summed E-state index contributed by atoms with van der Waals surface area (Å²) in [7, 11) is 0. The van der Waals surface area contributed by atoms with Crippen molar-refractivity contribution in [2.24, 2.45) is 0 Å². The van der Waals surface area contributed by atoms with E-state index in [4.69, 9.17) is 4.74 Å². The number of piperidine rings is 1. The molecule has 0 amide bonds. The largest absolute Gasteiger partial charge is 0.370 e. The molecule has 2 aromatic rings. The molecule has 2 saturated heterocycles. The fraction of sp³-hybridized carbons (Fsp3) is 0.562. The molecule has 0 aromatic carbocycles. The van der Waals surface area contributed by atoms with Crippen LogP contribution < -0.4 is 4.90 Å². The van der Waals surface area contributed by atoms with Gasteiger partial charge in [-0.05, 0) is 12.8 Å². The van der Waals surface area contributed by atoms with Gasteiger partial charge >= 0.3 is 0 Å². The first-order valence-electron chi connectivity index (χ1n) is 8.09. The molecule has 0 unspecified atom stereocenters. The third kappa shape index (κ3) is 3.36. The molecule has 122 valence electrons. The molecule has 0 N–H and O–H groups in total. The third-order valence-corrected chi connectivity index (χ3v) is 5.35. The minimum atomic E-state index is -0.0920. The van der Waals surface area contributed by atoms with Crippen molar-refractivity contribution in [3.05, 3.63) is 35.2 Å². The number of nitrogens with zero attached hydrogens (tertiary/aromatic N) is 5. The average Bonchev–Trinajstić information content (AvgIpc) is 3.09. The van der Waals surface area contributed by atoms with Crippen LogP contribution in [0.3, 0.4) is 0 Å². The van der Waals surface area contributed by atoms with Gasteiger partial charge in [0.1, 0.15) is 10.8 Å². The lowest BCUT2D eigenvalue weighted by molar-refractivity contribution is -0.116. The minimum absolute atomic E-state index is 0.0920. The summed E-state index contributed by atoms with van der Waals surface area (Å²) in [6, 6.07) is 0. The van der Waals surface area contributed by atoms with Crippen LogP contribution in [0.2, 0.25) is 0 Å². The fourth-order valence-electron chi connectivity index (χ4n) is 3.58. The molecule has 4 rings (SSSR count). The molecule has 7 heteroatoms. The van der Waals surface area contributed by atoms with E-state index in [1.54, 1.807) is 23.7 Å². The normalized spacial score (nSPS) is 25.8. The fourth-order valence-corrected chi connectivity index (χ4v) is 4.23. The van der Waals surface area contributed by atoms with Crippen LogP contribution in [-0.4, -0.2) is 58.2 Å². The van der Waals surface area contributed by atoms with Crippen LogP contribution in [0.15, 0.2) is 30.2 Å². The molecule has 6 nitrogen and oxygen atoms in total. The lowest BCUT2D eigenvalue weighted by Gasteiger charge is -2.48. The van der Waals surface area contributed by atoms with Crippen LogP contribution in [0, 0.1) is 0 Å². The number of ether oxygens (including phenoxy) is 1. The Morgan fingerprint density at radius 2 is 2.17 bits per heavy atom. The lowest BCUT2D eigenvalue weighted by atomic mass is 9.90. The van der Waals surface area contributed by atoms with Crippen LogP contribution in [0.4, 0.5) is 5.82 Å². The van der Waals surface area contributed by atoms with Gasteiger partial charge in [0.15, 0.2) is 0 Å². The van der Waals surface area contributed by atoms with Crippen molar-refractivity contribution in [1.82, 2.24) is 19.9 Å². The molecular weight excluding hydrogens is 310 g/mol. The predicted molar refractivity (Wildman–Crippen MR) is 89.6 cm³/mol. The summed E-state index contributed by atoms with van der Waals surface area (Å²) < 4.78 is 6.26. The molecule has 0 bridgehead atoms. The molecule has 2 aliphatic heterocycles. The first kappa shape index (κ1) is 15.0. The minimum Gasteiger partial charge on any atom is -0.370 e. The molecule has 1 spiro atoms. The number of thiazole rings is 1. The van der Waals surface area contributed by atoms with Crippen molar-refractivity contribution in [3.8, 4) is 0 Å². The molecule has 0 saturated carbocycles. The highest BCUT2D eigenvalue weighted by atomic mass is 32.1. The smallest absolute Gasteiger partial charge is 0.147 e. The van der Waals surface area contributed by atoms with Crippen LogP contribution in [-0.2, 0) is 11.3 Å². The zero-order valence-electron chi connectivity index (χ0n) is 13.1. The summed E-state index contributed by atoms with van der Waals surface area (Å²) in [5.41, 5.74) is -0.0920. The molecule has 2 aromatic heterocycles. The standard InChI is InChI=1S/C16H21N5OS/c1-2-16(13-21(6-1)14-10-17-3-4-18-14)12-20(7-8-22-16)11-15-19-5-9-23-15/h3-5,9-10H,1-2,6-8,11-13H2/t16-/m1/s1. The number of morpholine rings is 1. The molecule has 2 fully saturated rings. The zero-order chi connectivity index (χ0) is 15.5. The first-order valence-corrected chi connectivity index (χ1v) is 8.97. The van der Waals surface area contributed by atoms with Crippen molar-refractivity contribution in [2.75, 3.05) is 37.7 Å². The van der Waals surface area contributed by atoms with Gasteiger partial charge in [0.05, 0.1) is 24.9 Å². The van der Waals surface area contributed by atoms with Gasteiger partial charge < -0.3 is 9.64 Å². The predicted octanol–water partition coefficient (Wildman–Crippen LogP) is 1.80. The lowest BCUT2D eigenvalue weighted by Crippen LogP contribution is -2.59. The first-order chi connectivity index (χ1) is 11.3. The summed E-state index contributed by atoms with van der Waals surface area (Å²) in [4.78, 5) is 17.8. The molecule has 0 radical (unpaired) electrons. The van der Waals surface area contributed by atoms with Crippen LogP contribution >= 0.6 is 11.3 Å². The van der Waals surface area contributed by atoms with Crippen LogP contribution in [0.25, 0.3) is 0 Å². The van der Waals surface area contributed by atoms with Gasteiger partial charge in [-0.2, -0.15) is 0 Å². The van der Waals surface area contributed by atoms with E-state index in [9.17, 15) is 0 Å². The van der Waals surface area contributed by atoms with E-state index in [0.29, 0.717) is 0 Å². The van der Waals surface area contributed by atoms with E-state index in [0.717, 1.165) is 58.0 Å². The third-order valence-electron chi connectivity index (χ3n) is 4.58. The maximum absolute atomic E-state index is 6.26. The highest BCUT2D eigenvalue weighted by molar-refractivity contribution is 7.09.